The summed E-state index contributed by atoms with van der Waals surface area (Å²) in [6.45, 7) is 5.27. The number of rotatable bonds is 8. The third-order valence-electron chi connectivity index (χ3n) is 5.79. The molecular weight excluding hydrogens is 612 g/mol. The van der Waals surface area contributed by atoms with E-state index in [-0.39, 0.29) is 17.2 Å². The Hall–Kier alpha value is -3.94. The molecule has 0 aliphatic carbocycles. The number of hydrogen-bond donors (Lipinski definition) is 0. The molecule has 3 aromatic carbocycles. The zero-order chi connectivity index (χ0) is 30.2. The zero-order valence-corrected chi connectivity index (χ0v) is 24.7. The van der Waals surface area contributed by atoms with Crippen LogP contribution in [0.2, 0.25) is 5.02 Å². The highest BCUT2D eigenvalue weighted by molar-refractivity contribution is 7.90. The van der Waals surface area contributed by atoms with Gasteiger partial charge in [0, 0.05) is 22.0 Å². The van der Waals surface area contributed by atoms with Crippen molar-refractivity contribution in [2.45, 2.75) is 43.4 Å². The topological polar surface area (TPSA) is 121 Å². The summed E-state index contributed by atoms with van der Waals surface area (Å²) >= 11 is 7.10. The van der Waals surface area contributed by atoms with Gasteiger partial charge in [0.2, 0.25) is 0 Å². The van der Waals surface area contributed by atoms with Crippen molar-refractivity contribution in [2.75, 3.05) is 0 Å². The number of nitrogens with zero attached hydrogens (tertiary/aromatic N) is 3. The average molecular weight is 634 g/mol. The Bertz CT molecular complexity index is 1910. The Morgan fingerprint density at radius 3 is 2.55 bits per heavy atom. The van der Waals surface area contributed by atoms with Crippen molar-refractivity contribution in [3.05, 3.63) is 82.2 Å². The molecule has 0 amide bonds. The monoisotopic (exact) mass is 633 g/mol. The molecular formula is C28H22ClF2N3O6S2. The van der Waals surface area contributed by atoms with E-state index in [1.165, 1.54) is 18.5 Å². The fraction of sp³-hybridized carbons (Fsp3) is 0.214. The second kappa shape index (κ2) is 11.4. The molecule has 0 aliphatic heterocycles. The molecule has 2 aromatic heterocycles. The van der Waals surface area contributed by atoms with Gasteiger partial charge in [-0.2, -0.15) is 4.37 Å². The highest BCUT2D eigenvalue weighted by Gasteiger charge is 2.25. The Morgan fingerprint density at radius 1 is 1.05 bits per heavy atom. The number of fused-ring (bicyclic) bond motifs is 1. The van der Waals surface area contributed by atoms with Crippen molar-refractivity contribution in [3.63, 3.8) is 0 Å². The van der Waals surface area contributed by atoms with Crippen LogP contribution >= 0.6 is 23.1 Å². The fourth-order valence-corrected chi connectivity index (χ4v) is 6.41. The maximum Gasteiger partial charge on any atom is 0.312 e. The first kappa shape index (κ1) is 29.5. The zero-order valence-electron chi connectivity index (χ0n) is 22.4. The van der Waals surface area contributed by atoms with Crippen molar-refractivity contribution in [2.24, 2.45) is 0 Å². The summed E-state index contributed by atoms with van der Waals surface area (Å²) in [4.78, 5) is 15.4. The minimum absolute atomic E-state index is 0.103. The lowest BCUT2D eigenvalue weighted by molar-refractivity contribution is -0.154. The van der Waals surface area contributed by atoms with Gasteiger partial charge in [-0.3, -0.25) is 4.79 Å². The summed E-state index contributed by atoms with van der Waals surface area (Å²) in [7, 11) is -4.25. The normalized spacial score (nSPS) is 12.0. The molecule has 0 N–H and O–H groups in total. The van der Waals surface area contributed by atoms with Crippen molar-refractivity contribution >= 4 is 49.9 Å². The molecule has 0 bridgehead atoms. The van der Waals surface area contributed by atoms with Gasteiger partial charge in [0.05, 0.1) is 6.42 Å². The molecule has 0 aliphatic rings. The lowest BCUT2D eigenvalue weighted by Gasteiger charge is -2.19. The van der Waals surface area contributed by atoms with Crippen molar-refractivity contribution in [1.82, 2.24) is 14.5 Å². The molecule has 42 heavy (non-hydrogen) atoms. The standard InChI is InChI=1S/C28H22ClF2N3O6S2/c1-28(2,3)39-27(35)12-21-18-8-15(4-6-23(18)40-34-21)17-9-16(29)5-7-22(17)38-24-10-20(31)25(11-19(24)30)42(36,37)13-26-32-14-33-41-26/h4-11,14H,12-13H2,1-3H3. The van der Waals surface area contributed by atoms with E-state index in [0.29, 0.717) is 44.9 Å². The molecule has 218 valence electrons. The number of hydrogen-bond acceptors (Lipinski definition) is 10. The van der Waals surface area contributed by atoms with E-state index < -0.39 is 49.4 Å². The Labute approximate surface area is 248 Å². The number of esters is 1. The van der Waals surface area contributed by atoms with E-state index in [4.69, 9.17) is 25.6 Å². The smallest absolute Gasteiger partial charge is 0.312 e. The minimum Gasteiger partial charge on any atom is -0.460 e. The molecule has 0 radical (unpaired) electrons. The molecule has 0 spiro atoms. The van der Waals surface area contributed by atoms with Crippen molar-refractivity contribution in [3.8, 4) is 22.6 Å². The average Bonchev–Trinajstić information content (AvgIpc) is 3.55. The lowest BCUT2D eigenvalue weighted by atomic mass is 10.0. The number of halogens is 3. The van der Waals surface area contributed by atoms with Gasteiger partial charge in [0.25, 0.3) is 0 Å². The van der Waals surface area contributed by atoms with Crippen LogP contribution in [0.4, 0.5) is 8.78 Å². The van der Waals surface area contributed by atoms with Gasteiger partial charge in [-0.15, -0.1) is 0 Å². The highest BCUT2D eigenvalue weighted by atomic mass is 35.5. The maximum absolute atomic E-state index is 15.1. The molecule has 0 saturated heterocycles. The fourth-order valence-electron chi connectivity index (χ4n) is 4.06. The van der Waals surface area contributed by atoms with Gasteiger partial charge in [-0.1, -0.05) is 22.8 Å². The summed E-state index contributed by atoms with van der Waals surface area (Å²) in [5.74, 6) is -3.83. The minimum atomic E-state index is -4.25. The Kier molecular flexibility index (Phi) is 8.01. The van der Waals surface area contributed by atoms with Gasteiger partial charge >= 0.3 is 5.97 Å². The van der Waals surface area contributed by atoms with Crippen LogP contribution in [-0.2, 0) is 31.5 Å². The van der Waals surface area contributed by atoms with E-state index in [1.807, 2.05) is 0 Å². The van der Waals surface area contributed by atoms with Crippen LogP contribution in [0.25, 0.3) is 22.1 Å². The third-order valence-corrected chi connectivity index (χ3v) is 8.51. The van der Waals surface area contributed by atoms with Gasteiger partial charge in [0.1, 0.15) is 44.8 Å². The molecule has 0 unspecified atom stereocenters. The van der Waals surface area contributed by atoms with Gasteiger partial charge in [-0.05, 0) is 74.3 Å². The Balaban J connectivity index is 1.47. The number of carbonyl (C=O) groups is 1. The van der Waals surface area contributed by atoms with Crippen molar-refractivity contribution < 1.29 is 36.0 Å². The van der Waals surface area contributed by atoms with E-state index in [2.05, 4.69) is 14.5 Å². The third kappa shape index (κ3) is 6.58. The number of aromatic nitrogens is 3. The number of sulfone groups is 1. The Morgan fingerprint density at radius 2 is 1.83 bits per heavy atom. The maximum atomic E-state index is 15.1. The van der Waals surface area contributed by atoms with Crippen LogP contribution in [0, 0.1) is 11.6 Å². The first-order chi connectivity index (χ1) is 19.8. The van der Waals surface area contributed by atoms with Crippen LogP contribution < -0.4 is 4.74 Å². The molecule has 0 atom stereocenters. The second-order valence-electron chi connectivity index (χ2n) is 10.2. The van der Waals surface area contributed by atoms with E-state index in [1.54, 1.807) is 45.0 Å². The van der Waals surface area contributed by atoms with Gasteiger partial charge in [0.15, 0.2) is 27.0 Å². The summed E-state index contributed by atoms with van der Waals surface area (Å²) in [6.07, 6.45) is 1.04. The molecule has 0 fully saturated rings. The summed E-state index contributed by atoms with van der Waals surface area (Å²) in [5, 5.41) is 5.01. The summed E-state index contributed by atoms with van der Waals surface area (Å²) < 4.78 is 75.7. The lowest BCUT2D eigenvalue weighted by Crippen LogP contribution is -2.25. The van der Waals surface area contributed by atoms with Crippen LogP contribution in [0.1, 0.15) is 31.5 Å². The quantitative estimate of drug-likeness (QED) is 0.167. The molecule has 14 heteroatoms. The molecule has 2 heterocycles. The van der Waals surface area contributed by atoms with Gasteiger partial charge in [-0.25, -0.2) is 22.2 Å². The predicted octanol–water partition coefficient (Wildman–Crippen LogP) is 6.93. The van der Waals surface area contributed by atoms with E-state index in [9.17, 15) is 13.2 Å². The summed E-state index contributed by atoms with van der Waals surface area (Å²) in [5.41, 5.74) is 1.04. The highest BCUT2D eigenvalue weighted by Crippen LogP contribution is 2.39. The van der Waals surface area contributed by atoms with Crippen LogP contribution in [0.15, 0.2) is 64.3 Å². The first-order valence-corrected chi connectivity index (χ1v) is 15.1. The number of ether oxygens (including phenoxy) is 2. The number of carbonyl (C=O) groups excluding carboxylic acids is 1. The van der Waals surface area contributed by atoms with Crippen LogP contribution in [0.5, 0.6) is 11.5 Å². The second-order valence-corrected chi connectivity index (χ2v) is 13.4. The molecule has 5 aromatic rings. The van der Waals surface area contributed by atoms with Crippen LogP contribution in [-0.4, -0.2) is 34.5 Å². The molecule has 9 nitrogen and oxygen atoms in total. The summed E-state index contributed by atoms with van der Waals surface area (Å²) in [6, 6.07) is 10.8. The first-order valence-electron chi connectivity index (χ1n) is 12.3. The predicted molar refractivity (Wildman–Crippen MR) is 151 cm³/mol. The van der Waals surface area contributed by atoms with Gasteiger partial charge < -0.3 is 14.0 Å². The SMILES string of the molecule is CC(C)(C)OC(=O)Cc1noc2ccc(-c3cc(Cl)ccc3Oc3cc(F)c(S(=O)(=O)Cc4ncns4)cc3F)cc12. The molecule has 5 rings (SSSR count). The molecule has 0 saturated carbocycles. The van der Waals surface area contributed by atoms with E-state index >= 15 is 8.78 Å². The van der Waals surface area contributed by atoms with Crippen molar-refractivity contribution in [1.29, 1.82) is 0 Å². The van der Waals surface area contributed by atoms with Crippen LogP contribution in [0.3, 0.4) is 0 Å². The largest absolute Gasteiger partial charge is 0.460 e. The van der Waals surface area contributed by atoms with E-state index in [0.717, 1.165) is 11.5 Å². The number of benzene rings is 3.